The Bertz CT molecular complexity index is 988. The molecule has 0 aliphatic carbocycles. The number of halogens is 3. The summed E-state index contributed by atoms with van der Waals surface area (Å²) in [6.45, 7) is 2.54. The summed E-state index contributed by atoms with van der Waals surface area (Å²) in [5.74, 6) is -2.08. The average Bonchev–Trinajstić information content (AvgIpc) is 3.03. The Balaban J connectivity index is 1.92. The second-order valence-electron chi connectivity index (χ2n) is 5.84. The van der Waals surface area contributed by atoms with Gasteiger partial charge in [-0.2, -0.15) is 0 Å². The minimum Gasteiger partial charge on any atom is -0.493 e. The fourth-order valence-electron chi connectivity index (χ4n) is 2.47. The quantitative estimate of drug-likeness (QED) is 0.393. The number of ether oxygens (including phenoxy) is 3. The van der Waals surface area contributed by atoms with E-state index in [9.17, 15) is 13.6 Å². The zero-order valence-corrected chi connectivity index (χ0v) is 15.8. The highest BCUT2D eigenvalue weighted by Crippen LogP contribution is 2.30. The number of benzene rings is 2. The highest BCUT2D eigenvalue weighted by molar-refractivity contribution is 6.34. The normalized spacial score (nSPS) is 14.8. The molecular weight excluding hydrogens is 392 g/mol. The number of hydrogen-bond acceptors (Lipinski definition) is 5. The highest BCUT2D eigenvalue weighted by atomic mass is 35.5. The molecule has 1 aliphatic rings. The van der Waals surface area contributed by atoms with Gasteiger partial charge in [-0.05, 0) is 42.3 Å². The Kier molecular flexibility index (Phi) is 5.94. The summed E-state index contributed by atoms with van der Waals surface area (Å²) in [7, 11) is 1.51. The fraction of sp³-hybridized carbons (Fsp3) is 0.200. The van der Waals surface area contributed by atoms with Crippen LogP contribution in [0.1, 0.15) is 24.5 Å². The van der Waals surface area contributed by atoms with Crippen molar-refractivity contribution < 1.29 is 27.8 Å². The lowest BCUT2D eigenvalue weighted by Crippen LogP contribution is -2.07. The summed E-state index contributed by atoms with van der Waals surface area (Å²) in [5, 5.41) is -0.120. The van der Waals surface area contributed by atoms with E-state index >= 15 is 0 Å². The van der Waals surface area contributed by atoms with Gasteiger partial charge in [0.05, 0.1) is 24.3 Å². The van der Waals surface area contributed by atoms with Gasteiger partial charge in [-0.3, -0.25) is 0 Å². The van der Waals surface area contributed by atoms with Gasteiger partial charge in [0.1, 0.15) is 0 Å². The Morgan fingerprint density at radius 3 is 2.64 bits per heavy atom. The van der Waals surface area contributed by atoms with Crippen LogP contribution in [-0.4, -0.2) is 25.6 Å². The molecule has 1 heterocycles. The predicted octanol–water partition coefficient (Wildman–Crippen LogP) is 4.76. The van der Waals surface area contributed by atoms with Gasteiger partial charge in [-0.25, -0.2) is 18.6 Å². The zero-order chi connectivity index (χ0) is 20.3. The van der Waals surface area contributed by atoms with E-state index in [1.807, 2.05) is 6.92 Å². The molecular formula is C20H16ClF2NO4. The van der Waals surface area contributed by atoms with Crippen molar-refractivity contribution in [3.63, 3.8) is 0 Å². The number of cyclic esters (lactones) is 1. The van der Waals surface area contributed by atoms with Gasteiger partial charge in [0.15, 0.2) is 28.8 Å². The van der Waals surface area contributed by atoms with Crippen LogP contribution in [0.2, 0.25) is 5.02 Å². The van der Waals surface area contributed by atoms with Crippen molar-refractivity contribution in [2.45, 2.75) is 13.3 Å². The molecule has 2 aromatic carbocycles. The summed E-state index contributed by atoms with van der Waals surface area (Å²) in [6, 6.07) is 6.76. The van der Waals surface area contributed by atoms with Gasteiger partial charge in [0, 0.05) is 0 Å². The number of nitrogens with zero attached hydrogens (tertiary/aromatic N) is 1. The summed E-state index contributed by atoms with van der Waals surface area (Å²) in [6.07, 6.45) is 2.33. The van der Waals surface area contributed by atoms with Crippen LogP contribution in [0.4, 0.5) is 8.78 Å². The first-order valence-electron chi connectivity index (χ1n) is 8.41. The first kappa shape index (κ1) is 19.8. The van der Waals surface area contributed by atoms with Crippen LogP contribution in [0, 0.1) is 11.6 Å². The molecule has 2 aromatic rings. The van der Waals surface area contributed by atoms with Crippen LogP contribution in [0.5, 0.6) is 11.5 Å². The lowest BCUT2D eigenvalue weighted by atomic mass is 10.1. The van der Waals surface area contributed by atoms with E-state index in [0.29, 0.717) is 23.7 Å². The molecule has 0 fully saturated rings. The predicted molar refractivity (Wildman–Crippen MR) is 101 cm³/mol. The Labute approximate surface area is 165 Å². The van der Waals surface area contributed by atoms with Crippen LogP contribution in [0.15, 0.2) is 41.0 Å². The minimum atomic E-state index is -1.12. The molecule has 0 radical (unpaired) electrons. The van der Waals surface area contributed by atoms with E-state index in [4.69, 9.17) is 25.8 Å². The Hall–Kier alpha value is -2.93. The number of esters is 1. The molecule has 0 atom stereocenters. The van der Waals surface area contributed by atoms with Gasteiger partial charge in [0.2, 0.25) is 5.90 Å². The van der Waals surface area contributed by atoms with E-state index in [1.165, 1.54) is 13.2 Å². The van der Waals surface area contributed by atoms with Crippen LogP contribution in [0.25, 0.3) is 6.08 Å². The highest BCUT2D eigenvalue weighted by Gasteiger charge is 2.27. The third-order valence-corrected chi connectivity index (χ3v) is 4.13. The van der Waals surface area contributed by atoms with Crippen molar-refractivity contribution in [3.05, 3.63) is 63.8 Å². The molecule has 0 saturated carbocycles. The molecule has 5 nitrogen and oxygen atoms in total. The first-order chi connectivity index (χ1) is 13.4. The Morgan fingerprint density at radius 2 is 1.93 bits per heavy atom. The first-order valence-corrected chi connectivity index (χ1v) is 8.79. The minimum absolute atomic E-state index is 0.0138. The summed E-state index contributed by atoms with van der Waals surface area (Å²) < 4.78 is 42.7. The molecule has 0 amide bonds. The molecule has 8 heteroatoms. The summed E-state index contributed by atoms with van der Waals surface area (Å²) in [4.78, 5) is 16.2. The molecule has 0 N–H and O–H groups in total. The largest absolute Gasteiger partial charge is 0.493 e. The second kappa shape index (κ2) is 8.39. The van der Waals surface area contributed by atoms with Crippen molar-refractivity contribution in [2.24, 2.45) is 4.99 Å². The van der Waals surface area contributed by atoms with Crippen molar-refractivity contribution in [2.75, 3.05) is 13.7 Å². The van der Waals surface area contributed by atoms with E-state index in [0.717, 1.165) is 18.6 Å². The van der Waals surface area contributed by atoms with Crippen LogP contribution >= 0.6 is 11.6 Å². The van der Waals surface area contributed by atoms with Crippen LogP contribution in [-0.2, 0) is 9.53 Å². The number of carbonyl (C=O) groups excluding carboxylic acids is 1. The molecule has 0 unspecified atom stereocenters. The van der Waals surface area contributed by atoms with Gasteiger partial charge >= 0.3 is 5.97 Å². The third-order valence-electron chi connectivity index (χ3n) is 3.81. The maximum absolute atomic E-state index is 13.5. The fourth-order valence-corrected chi connectivity index (χ4v) is 2.71. The average molecular weight is 408 g/mol. The van der Waals surface area contributed by atoms with Crippen molar-refractivity contribution in [1.82, 2.24) is 0 Å². The van der Waals surface area contributed by atoms with Gasteiger partial charge in [-0.15, -0.1) is 0 Å². The third kappa shape index (κ3) is 4.14. The lowest BCUT2D eigenvalue weighted by molar-refractivity contribution is -0.129. The van der Waals surface area contributed by atoms with Gasteiger partial charge in [0.25, 0.3) is 0 Å². The Morgan fingerprint density at radius 1 is 1.18 bits per heavy atom. The molecule has 0 aromatic heterocycles. The van der Waals surface area contributed by atoms with Crippen LogP contribution in [0.3, 0.4) is 0 Å². The zero-order valence-electron chi connectivity index (χ0n) is 15.1. The van der Waals surface area contributed by atoms with E-state index < -0.39 is 17.6 Å². The topological polar surface area (TPSA) is 57.1 Å². The molecule has 0 bridgehead atoms. The maximum atomic E-state index is 13.5. The van der Waals surface area contributed by atoms with E-state index in [2.05, 4.69) is 4.99 Å². The number of rotatable bonds is 6. The van der Waals surface area contributed by atoms with Crippen molar-refractivity contribution in [3.8, 4) is 11.5 Å². The standard InChI is InChI=1S/C20H16ClF2NO4/c1-3-6-27-17-5-4-11(8-18(17)26-2)7-16-20(25)28-19(24-16)12-9-14(22)15(23)10-13(12)21/h4-5,7-10H,3,6H2,1-2H3/b16-7-. The number of carbonyl (C=O) groups is 1. The second-order valence-corrected chi connectivity index (χ2v) is 6.25. The summed E-state index contributed by atoms with van der Waals surface area (Å²) in [5.41, 5.74) is 0.590. The molecule has 0 spiro atoms. The molecule has 146 valence electrons. The smallest absolute Gasteiger partial charge is 0.363 e. The SMILES string of the molecule is CCCOc1ccc(/C=C2\N=C(c3cc(F)c(F)cc3Cl)OC2=O)cc1OC. The van der Waals surface area contributed by atoms with E-state index in [-0.39, 0.29) is 22.2 Å². The number of aliphatic imine (C=N–C) groups is 1. The number of methoxy groups -OCH3 is 1. The molecule has 28 heavy (non-hydrogen) atoms. The van der Waals surface area contributed by atoms with Gasteiger partial charge in [-0.1, -0.05) is 24.6 Å². The molecule has 3 rings (SSSR count). The number of hydrogen-bond donors (Lipinski definition) is 0. The van der Waals surface area contributed by atoms with Crippen LogP contribution < -0.4 is 9.47 Å². The van der Waals surface area contributed by atoms with Crippen molar-refractivity contribution in [1.29, 1.82) is 0 Å². The summed E-state index contributed by atoms with van der Waals surface area (Å²) >= 11 is 5.91. The molecule has 0 saturated heterocycles. The lowest BCUT2D eigenvalue weighted by Gasteiger charge is -2.10. The monoisotopic (exact) mass is 407 g/mol. The molecule has 1 aliphatic heterocycles. The van der Waals surface area contributed by atoms with E-state index in [1.54, 1.807) is 18.2 Å². The van der Waals surface area contributed by atoms with Gasteiger partial charge < -0.3 is 14.2 Å². The maximum Gasteiger partial charge on any atom is 0.363 e. The van der Waals surface area contributed by atoms with Crippen molar-refractivity contribution >= 4 is 29.5 Å².